The molecule has 18 heavy (non-hydrogen) atoms. The summed E-state index contributed by atoms with van der Waals surface area (Å²) in [5.74, 6) is -1.37. The summed E-state index contributed by atoms with van der Waals surface area (Å²) in [4.78, 5) is 22.4. The summed E-state index contributed by atoms with van der Waals surface area (Å²) in [5.41, 5.74) is 2.81. The first-order valence-electron chi connectivity index (χ1n) is 5.53. The number of hydrazone groups is 1. The van der Waals surface area contributed by atoms with E-state index in [1.807, 2.05) is 6.92 Å². The average Bonchev–Trinajstić information content (AvgIpc) is 2.38. The lowest BCUT2D eigenvalue weighted by atomic mass is 10.2. The molecule has 0 aliphatic carbocycles. The molecular weight excluding hydrogens is 234 g/mol. The van der Waals surface area contributed by atoms with Crippen LogP contribution in [0.1, 0.15) is 18.9 Å². The average molecular weight is 249 g/mol. The van der Waals surface area contributed by atoms with Crippen molar-refractivity contribution in [3.63, 3.8) is 0 Å². The lowest BCUT2D eigenvalue weighted by molar-refractivity contribution is -0.139. The Morgan fingerprint density at radius 1 is 1.28 bits per heavy atom. The molecule has 0 atom stereocenters. The van der Waals surface area contributed by atoms with E-state index in [0.29, 0.717) is 12.1 Å². The predicted octanol–water partition coefficient (Wildman–Crippen LogP) is 0.369. The maximum absolute atomic E-state index is 11.2. The number of nitrogens with zero attached hydrogens (tertiary/aromatic N) is 1. The van der Waals surface area contributed by atoms with E-state index in [1.54, 1.807) is 12.1 Å². The molecule has 0 bridgehead atoms. The quantitative estimate of drug-likeness (QED) is 0.409. The van der Waals surface area contributed by atoms with Gasteiger partial charge in [0, 0.05) is 6.54 Å². The Kier molecular flexibility index (Phi) is 5.37. The Hall–Kier alpha value is -2.37. The molecule has 1 aromatic rings. The van der Waals surface area contributed by atoms with E-state index >= 15 is 0 Å². The number of phenolic OH excluding ortho intramolecular Hbond substituents is 1. The van der Waals surface area contributed by atoms with Gasteiger partial charge in [-0.3, -0.25) is 9.59 Å². The third kappa shape index (κ3) is 4.65. The minimum atomic E-state index is -0.807. The van der Waals surface area contributed by atoms with E-state index in [2.05, 4.69) is 15.8 Å². The van der Waals surface area contributed by atoms with E-state index < -0.39 is 11.8 Å². The maximum atomic E-state index is 11.2. The van der Waals surface area contributed by atoms with Crippen molar-refractivity contribution in [3.05, 3.63) is 29.8 Å². The minimum Gasteiger partial charge on any atom is -0.508 e. The molecule has 0 spiro atoms. The van der Waals surface area contributed by atoms with Crippen molar-refractivity contribution >= 4 is 18.0 Å². The Balaban J connectivity index is 2.42. The largest absolute Gasteiger partial charge is 0.508 e. The van der Waals surface area contributed by atoms with Gasteiger partial charge in [-0.2, -0.15) is 5.10 Å². The Morgan fingerprint density at radius 3 is 2.56 bits per heavy atom. The van der Waals surface area contributed by atoms with Gasteiger partial charge in [0.1, 0.15) is 5.75 Å². The summed E-state index contributed by atoms with van der Waals surface area (Å²) < 4.78 is 0. The van der Waals surface area contributed by atoms with E-state index in [1.165, 1.54) is 18.3 Å². The zero-order valence-corrected chi connectivity index (χ0v) is 10.0. The molecule has 0 saturated carbocycles. The summed E-state index contributed by atoms with van der Waals surface area (Å²) in [7, 11) is 0. The highest BCUT2D eigenvalue weighted by Gasteiger charge is 2.10. The molecule has 96 valence electrons. The monoisotopic (exact) mass is 249 g/mol. The van der Waals surface area contributed by atoms with Crippen LogP contribution in [0.25, 0.3) is 0 Å². The Bertz CT molecular complexity index is 440. The highest BCUT2D eigenvalue weighted by atomic mass is 16.3. The number of nitrogens with one attached hydrogen (secondary N) is 2. The SMILES string of the molecule is CCCNC(=O)C(=O)N/N=C/c1ccc(O)cc1. The van der Waals surface area contributed by atoms with Crippen LogP contribution in [0.3, 0.4) is 0 Å². The zero-order chi connectivity index (χ0) is 13.4. The number of amides is 2. The number of rotatable bonds is 4. The molecule has 0 aliphatic rings. The van der Waals surface area contributed by atoms with Crippen molar-refractivity contribution in [3.8, 4) is 5.75 Å². The van der Waals surface area contributed by atoms with Crippen LogP contribution in [-0.2, 0) is 9.59 Å². The summed E-state index contributed by atoms with van der Waals surface area (Å²) in [6, 6.07) is 6.25. The molecule has 6 heteroatoms. The molecule has 0 aromatic heterocycles. The standard InChI is InChI=1S/C12H15N3O3/c1-2-7-13-11(17)12(18)15-14-8-9-3-5-10(16)6-4-9/h3-6,8,16H,2,7H2,1H3,(H,13,17)(H,15,18)/b14-8+. The van der Waals surface area contributed by atoms with Crippen LogP contribution in [0.4, 0.5) is 0 Å². The first kappa shape index (κ1) is 13.7. The predicted molar refractivity (Wildman–Crippen MR) is 67.1 cm³/mol. The van der Waals surface area contributed by atoms with Gasteiger partial charge in [-0.1, -0.05) is 6.92 Å². The van der Waals surface area contributed by atoms with Crippen LogP contribution in [0.15, 0.2) is 29.4 Å². The summed E-state index contributed by atoms with van der Waals surface area (Å²) in [6.07, 6.45) is 2.14. The molecule has 0 heterocycles. The van der Waals surface area contributed by atoms with Gasteiger partial charge >= 0.3 is 11.8 Å². The summed E-state index contributed by atoms with van der Waals surface area (Å²) in [6.45, 7) is 2.34. The van der Waals surface area contributed by atoms with Crippen molar-refractivity contribution in [1.82, 2.24) is 10.7 Å². The van der Waals surface area contributed by atoms with Crippen molar-refractivity contribution in [2.75, 3.05) is 6.54 Å². The second-order valence-electron chi connectivity index (χ2n) is 3.55. The van der Waals surface area contributed by atoms with Gasteiger partial charge < -0.3 is 10.4 Å². The smallest absolute Gasteiger partial charge is 0.329 e. The summed E-state index contributed by atoms with van der Waals surface area (Å²) >= 11 is 0. The second-order valence-corrected chi connectivity index (χ2v) is 3.55. The number of hydrogen-bond acceptors (Lipinski definition) is 4. The third-order valence-electron chi connectivity index (χ3n) is 2.01. The minimum absolute atomic E-state index is 0.148. The van der Waals surface area contributed by atoms with E-state index in [4.69, 9.17) is 5.11 Å². The summed E-state index contributed by atoms with van der Waals surface area (Å²) in [5, 5.41) is 15.1. The second kappa shape index (κ2) is 7.05. The fraction of sp³-hybridized carbons (Fsp3) is 0.250. The van der Waals surface area contributed by atoms with Crippen LogP contribution in [0.2, 0.25) is 0 Å². The van der Waals surface area contributed by atoms with Gasteiger partial charge in [-0.25, -0.2) is 5.43 Å². The molecule has 6 nitrogen and oxygen atoms in total. The third-order valence-corrected chi connectivity index (χ3v) is 2.01. The molecule has 0 fully saturated rings. The Labute approximate surface area is 105 Å². The molecule has 1 aromatic carbocycles. The number of benzene rings is 1. The van der Waals surface area contributed by atoms with Gasteiger partial charge in [0.2, 0.25) is 0 Å². The number of carbonyl (C=O) groups is 2. The fourth-order valence-electron chi connectivity index (χ4n) is 1.10. The number of aromatic hydroxyl groups is 1. The normalized spacial score (nSPS) is 10.3. The van der Waals surface area contributed by atoms with Gasteiger partial charge in [0.05, 0.1) is 6.21 Å². The van der Waals surface area contributed by atoms with Gasteiger partial charge in [0.15, 0.2) is 0 Å². The topological polar surface area (TPSA) is 90.8 Å². The number of hydrogen-bond donors (Lipinski definition) is 3. The highest BCUT2D eigenvalue weighted by molar-refractivity contribution is 6.35. The molecular formula is C12H15N3O3. The fourth-order valence-corrected chi connectivity index (χ4v) is 1.10. The molecule has 3 N–H and O–H groups in total. The van der Waals surface area contributed by atoms with Crippen molar-refractivity contribution in [1.29, 1.82) is 0 Å². The first-order chi connectivity index (χ1) is 8.63. The van der Waals surface area contributed by atoms with Crippen LogP contribution < -0.4 is 10.7 Å². The molecule has 0 saturated heterocycles. The van der Waals surface area contributed by atoms with Gasteiger partial charge in [-0.05, 0) is 36.2 Å². The van der Waals surface area contributed by atoms with E-state index in [0.717, 1.165) is 6.42 Å². The lowest BCUT2D eigenvalue weighted by Gasteiger charge is -2.00. The maximum Gasteiger partial charge on any atom is 0.329 e. The van der Waals surface area contributed by atoms with Crippen molar-refractivity contribution in [2.24, 2.45) is 5.10 Å². The van der Waals surface area contributed by atoms with Crippen LogP contribution in [-0.4, -0.2) is 29.7 Å². The van der Waals surface area contributed by atoms with Gasteiger partial charge in [0.25, 0.3) is 0 Å². The van der Waals surface area contributed by atoms with Crippen LogP contribution in [0, 0.1) is 0 Å². The van der Waals surface area contributed by atoms with E-state index in [-0.39, 0.29) is 5.75 Å². The first-order valence-corrected chi connectivity index (χ1v) is 5.53. The zero-order valence-electron chi connectivity index (χ0n) is 10.0. The van der Waals surface area contributed by atoms with Crippen molar-refractivity contribution in [2.45, 2.75) is 13.3 Å². The van der Waals surface area contributed by atoms with Gasteiger partial charge in [-0.15, -0.1) is 0 Å². The molecule has 2 amide bonds. The molecule has 1 rings (SSSR count). The lowest BCUT2D eigenvalue weighted by Crippen LogP contribution is -2.38. The molecule has 0 radical (unpaired) electrons. The number of phenols is 1. The highest BCUT2D eigenvalue weighted by Crippen LogP contribution is 2.07. The van der Waals surface area contributed by atoms with E-state index in [9.17, 15) is 9.59 Å². The van der Waals surface area contributed by atoms with Crippen LogP contribution in [0.5, 0.6) is 5.75 Å². The van der Waals surface area contributed by atoms with Crippen molar-refractivity contribution < 1.29 is 14.7 Å². The molecule has 0 unspecified atom stereocenters. The Morgan fingerprint density at radius 2 is 1.94 bits per heavy atom. The van der Waals surface area contributed by atoms with Crippen LogP contribution >= 0.6 is 0 Å². The molecule has 0 aliphatic heterocycles. The number of carbonyl (C=O) groups excluding carboxylic acids is 2.